The smallest absolute Gasteiger partial charge is 0.0311 e. The zero-order valence-electron chi connectivity index (χ0n) is 6.76. The summed E-state index contributed by atoms with van der Waals surface area (Å²) < 4.78 is 0. The van der Waals surface area contributed by atoms with Crippen LogP contribution >= 0.6 is 0 Å². The summed E-state index contributed by atoms with van der Waals surface area (Å²) in [6.45, 7) is 5.90. The Morgan fingerprint density at radius 1 is 1.30 bits per heavy atom. The van der Waals surface area contributed by atoms with Crippen LogP contribution in [0.4, 0.5) is 0 Å². The van der Waals surface area contributed by atoms with Crippen molar-refractivity contribution in [3.8, 4) is 0 Å². The first-order valence-electron chi connectivity index (χ1n) is 3.22. The van der Waals surface area contributed by atoms with E-state index in [4.69, 9.17) is 5.73 Å². The van der Waals surface area contributed by atoms with Gasteiger partial charge in [0.25, 0.3) is 0 Å². The van der Waals surface area contributed by atoms with Crippen LogP contribution in [0.5, 0.6) is 0 Å². The maximum atomic E-state index is 5.21. The Hall–Kier alpha value is -1.05. The summed E-state index contributed by atoms with van der Waals surface area (Å²) in [5.41, 5.74) is 7.37. The van der Waals surface area contributed by atoms with Crippen LogP contribution in [0.25, 0.3) is 0 Å². The molecule has 0 bridgehead atoms. The van der Waals surface area contributed by atoms with Gasteiger partial charge in [0.2, 0.25) is 0 Å². The zero-order chi connectivity index (χ0) is 7.98. The van der Waals surface area contributed by atoms with Gasteiger partial charge in [-0.15, -0.1) is 0 Å². The van der Waals surface area contributed by atoms with Gasteiger partial charge in [0.15, 0.2) is 0 Å². The minimum Gasteiger partial charge on any atom is -0.404 e. The maximum absolute atomic E-state index is 5.21. The van der Waals surface area contributed by atoms with Crippen LogP contribution in [0, 0.1) is 0 Å². The van der Waals surface area contributed by atoms with Crippen LogP contribution in [0.3, 0.4) is 0 Å². The lowest BCUT2D eigenvalue weighted by atomic mass is 10.3. The van der Waals surface area contributed by atoms with E-state index in [1.54, 1.807) is 12.4 Å². The predicted molar refractivity (Wildman–Crippen MR) is 45.9 cm³/mol. The molecule has 0 atom stereocenters. The first-order valence-corrected chi connectivity index (χ1v) is 3.22. The molecular formula is C8H14N2. The Morgan fingerprint density at radius 3 is 2.30 bits per heavy atom. The van der Waals surface area contributed by atoms with Crippen LogP contribution in [0.1, 0.15) is 20.8 Å². The molecule has 0 unspecified atom stereocenters. The summed E-state index contributed by atoms with van der Waals surface area (Å²) in [6, 6.07) is 0. The fourth-order valence-corrected chi connectivity index (χ4v) is 0.347. The Bertz CT molecular complexity index is 172. The van der Waals surface area contributed by atoms with E-state index >= 15 is 0 Å². The van der Waals surface area contributed by atoms with Crippen LogP contribution in [-0.2, 0) is 0 Å². The van der Waals surface area contributed by atoms with Crippen LogP contribution in [0.15, 0.2) is 28.5 Å². The van der Waals surface area contributed by atoms with E-state index < -0.39 is 0 Å². The zero-order valence-corrected chi connectivity index (χ0v) is 6.76. The molecule has 0 fully saturated rings. The average molecular weight is 138 g/mol. The number of hydrogen-bond acceptors (Lipinski definition) is 2. The van der Waals surface area contributed by atoms with Crippen molar-refractivity contribution in [2.24, 2.45) is 10.7 Å². The van der Waals surface area contributed by atoms with E-state index in [0.717, 1.165) is 5.57 Å². The molecule has 0 aromatic carbocycles. The second-order valence-corrected chi connectivity index (χ2v) is 2.40. The van der Waals surface area contributed by atoms with Crippen molar-refractivity contribution in [2.45, 2.75) is 20.8 Å². The third-order valence-electron chi connectivity index (χ3n) is 0.874. The van der Waals surface area contributed by atoms with E-state index in [2.05, 4.69) is 4.99 Å². The van der Waals surface area contributed by atoms with Gasteiger partial charge in [-0.1, -0.05) is 5.57 Å². The van der Waals surface area contributed by atoms with E-state index in [-0.39, 0.29) is 0 Å². The molecule has 0 saturated carbocycles. The molecule has 2 nitrogen and oxygen atoms in total. The van der Waals surface area contributed by atoms with E-state index in [1.807, 2.05) is 20.8 Å². The van der Waals surface area contributed by atoms with Gasteiger partial charge in [-0.25, -0.2) is 0 Å². The van der Waals surface area contributed by atoms with E-state index in [1.165, 1.54) is 11.8 Å². The molecule has 10 heavy (non-hydrogen) atoms. The third-order valence-corrected chi connectivity index (χ3v) is 0.874. The van der Waals surface area contributed by atoms with Gasteiger partial charge in [-0.2, -0.15) is 0 Å². The van der Waals surface area contributed by atoms with Crippen molar-refractivity contribution in [2.75, 3.05) is 0 Å². The molecule has 0 aliphatic rings. The molecule has 0 aromatic heterocycles. The van der Waals surface area contributed by atoms with Gasteiger partial charge in [-0.3, -0.25) is 4.99 Å². The lowest BCUT2D eigenvalue weighted by molar-refractivity contribution is 1.33. The normalized spacial score (nSPS) is 12.1. The first-order chi connectivity index (χ1) is 4.66. The summed E-state index contributed by atoms with van der Waals surface area (Å²) in [4.78, 5) is 4.01. The van der Waals surface area contributed by atoms with Gasteiger partial charge >= 0.3 is 0 Å². The van der Waals surface area contributed by atoms with Crippen LogP contribution in [0.2, 0.25) is 0 Å². The monoisotopic (exact) mass is 138 g/mol. The first kappa shape index (κ1) is 8.95. The van der Waals surface area contributed by atoms with Gasteiger partial charge < -0.3 is 5.73 Å². The third kappa shape index (κ3) is 5.09. The number of rotatable bonds is 2. The molecule has 2 heteroatoms. The molecule has 0 heterocycles. The molecule has 0 radical (unpaired) electrons. The molecule has 56 valence electrons. The SMILES string of the molecule is CC(C)=C/N=C\C(C)=C/N. The fourth-order valence-electron chi connectivity index (χ4n) is 0.347. The molecular weight excluding hydrogens is 124 g/mol. The van der Waals surface area contributed by atoms with Crippen molar-refractivity contribution in [3.05, 3.63) is 23.5 Å². The minimum atomic E-state index is 0.970. The highest BCUT2D eigenvalue weighted by molar-refractivity contribution is 5.77. The van der Waals surface area contributed by atoms with Gasteiger partial charge in [-0.05, 0) is 32.5 Å². The van der Waals surface area contributed by atoms with E-state index in [0.29, 0.717) is 0 Å². The highest BCUT2D eigenvalue weighted by Crippen LogP contribution is 1.89. The fraction of sp³-hybridized carbons (Fsp3) is 0.375. The molecule has 0 amide bonds. The van der Waals surface area contributed by atoms with Crippen LogP contribution < -0.4 is 5.73 Å². The largest absolute Gasteiger partial charge is 0.404 e. The van der Waals surface area contributed by atoms with Crippen molar-refractivity contribution in [1.82, 2.24) is 0 Å². The van der Waals surface area contributed by atoms with Crippen molar-refractivity contribution < 1.29 is 0 Å². The van der Waals surface area contributed by atoms with Crippen LogP contribution in [-0.4, -0.2) is 6.21 Å². The number of aliphatic imine (C=N–C) groups is 1. The lowest BCUT2D eigenvalue weighted by Gasteiger charge is -1.85. The van der Waals surface area contributed by atoms with Crippen molar-refractivity contribution >= 4 is 6.21 Å². The molecule has 2 N–H and O–H groups in total. The summed E-state index contributed by atoms with van der Waals surface area (Å²) in [7, 11) is 0. The lowest BCUT2D eigenvalue weighted by Crippen LogP contribution is -1.84. The Kier molecular flexibility index (Phi) is 4.29. The Labute approximate surface area is 62.1 Å². The number of nitrogens with two attached hydrogens (primary N) is 1. The predicted octanol–water partition coefficient (Wildman–Crippen LogP) is 1.84. The molecule has 0 aromatic rings. The quantitative estimate of drug-likeness (QED) is 0.581. The molecule has 0 spiro atoms. The summed E-state index contributed by atoms with van der Waals surface area (Å²) >= 11 is 0. The van der Waals surface area contributed by atoms with Gasteiger partial charge in [0.1, 0.15) is 0 Å². The molecule has 0 aliphatic heterocycles. The van der Waals surface area contributed by atoms with E-state index in [9.17, 15) is 0 Å². The average Bonchev–Trinajstić information content (AvgIpc) is 1.87. The number of nitrogens with zero attached hydrogens (tertiary/aromatic N) is 1. The van der Waals surface area contributed by atoms with Gasteiger partial charge in [0, 0.05) is 12.4 Å². The van der Waals surface area contributed by atoms with Crippen molar-refractivity contribution in [1.29, 1.82) is 0 Å². The maximum Gasteiger partial charge on any atom is 0.0311 e. The highest BCUT2D eigenvalue weighted by Gasteiger charge is 1.75. The molecule has 0 saturated heterocycles. The summed E-state index contributed by atoms with van der Waals surface area (Å²) in [5, 5.41) is 0. The second-order valence-electron chi connectivity index (χ2n) is 2.40. The minimum absolute atomic E-state index is 0.970. The topological polar surface area (TPSA) is 38.4 Å². The summed E-state index contributed by atoms with van der Waals surface area (Å²) in [5.74, 6) is 0. The van der Waals surface area contributed by atoms with Gasteiger partial charge in [0.05, 0.1) is 0 Å². The number of hydrogen-bond donors (Lipinski definition) is 1. The second kappa shape index (κ2) is 4.79. The molecule has 0 aliphatic carbocycles. The van der Waals surface area contributed by atoms with Crippen molar-refractivity contribution in [3.63, 3.8) is 0 Å². The Morgan fingerprint density at radius 2 is 1.90 bits per heavy atom. The standard InChI is InChI=1S/C8H14N2/c1-7(2)5-10-6-8(3)4-9/h4-6H,9H2,1-3H3/b8-4-,10-6-. The highest BCUT2D eigenvalue weighted by atomic mass is 14.7. The molecule has 0 rings (SSSR count). The summed E-state index contributed by atoms with van der Waals surface area (Å²) in [6.07, 6.45) is 5.06. The Balaban J connectivity index is 3.90. The number of allylic oxidation sites excluding steroid dienone is 2.